The summed E-state index contributed by atoms with van der Waals surface area (Å²) in [6.45, 7) is 2.17. The van der Waals surface area contributed by atoms with E-state index in [0.29, 0.717) is 5.92 Å². The average Bonchev–Trinajstić information content (AvgIpc) is 2.34. The maximum Gasteiger partial charge on any atom is 4.00 e. The molecule has 2 rings (SSSR count). The number of benzene rings is 1. The van der Waals surface area contributed by atoms with Crippen molar-refractivity contribution < 1.29 is 63.4 Å². The van der Waals surface area contributed by atoms with Crippen LogP contribution < -0.4 is 37.2 Å². The van der Waals surface area contributed by atoms with Gasteiger partial charge in [-0.2, -0.15) is 5.56 Å². The van der Waals surface area contributed by atoms with Crippen LogP contribution in [0.3, 0.4) is 0 Å². The molecule has 1 aromatic rings. The normalized spacial score (nSPS) is 15.1. The SMILES string of the molecule is CC1[C-]=Cc2ccccc21.[Cl-].[Cl-].[Cl-].[Zr+4]. The third-order valence-electron chi connectivity index (χ3n) is 1.95. The minimum Gasteiger partial charge on any atom is -1.00 e. The summed E-state index contributed by atoms with van der Waals surface area (Å²) >= 11 is 0. The molecule has 1 atom stereocenters. The Morgan fingerprint density at radius 3 is 2.21 bits per heavy atom. The van der Waals surface area contributed by atoms with Gasteiger partial charge >= 0.3 is 26.2 Å². The monoisotopic (exact) mass is 324 g/mol. The van der Waals surface area contributed by atoms with E-state index in [2.05, 4.69) is 43.3 Å². The van der Waals surface area contributed by atoms with Gasteiger partial charge in [0.05, 0.1) is 0 Å². The molecule has 0 nitrogen and oxygen atoms in total. The first-order chi connectivity index (χ1) is 4.88. The second-order valence-corrected chi connectivity index (χ2v) is 2.66. The molecule has 0 amide bonds. The minimum absolute atomic E-state index is 0. The summed E-state index contributed by atoms with van der Waals surface area (Å²) in [6.07, 6.45) is 5.33. The molecule has 1 aliphatic carbocycles. The zero-order chi connectivity index (χ0) is 6.97. The molecule has 0 aromatic heterocycles. The van der Waals surface area contributed by atoms with Crippen molar-refractivity contribution in [3.05, 3.63) is 41.5 Å². The molecule has 1 unspecified atom stereocenters. The Morgan fingerprint density at radius 1 is 1.07 bits per heavy atom. The van der Waals surface area contributed by atoms with Crippen molar-refractivity contribution in [2.75, 3.05) is 0 Å². The molecule has 0 saturated heterocycles. The smallest absolute Gasteiger partial charge is 1.00 e. The number of halogens is 3. The van der Waals surface area contributed by atoms with Gasteiger partial charge in [-0.1, -0.05) is 31.0 Å². The molecule has 0 spiro atoms. The first-order valence-electron chi connectivity index (χ1n) is 3.56. The molecule has 74 valence electrons. The van der Waals surface area contributed by atoms with Gasteiger partial charge in [-0.25, -0.2) is 6.08 Å². The molecule has 1 aromatic carbocycles. The maximum atomic E-state index is 3.26. The van der Waals surface area contributed by atoms with Crippen molar-refractivity contribution in [3.63, 3.8) is 0 Å². The number of hydrogen-bond donors (Lipinski definition) is 0. The van der Waals surface area contributed by atoms with E-state index < -0.39 is 0 Å². The number of allylic oxidation sites excluding steroid dienone is 1. The Kier molecular flexibility index (Phi) is 12.9. The van der Waals surface area contributed by atoms with Crippen molar-refractivity contribution in [1.29, 1.82) is 0 Å². The summed E-state index contributed by atoms with van der Waals surface area (Å²) in [5.74, 6) is 0.496. The van der Waals surface area contributed by atoms with Crippen molar-refractivity contribution in [2.45, 2.75) is 12.8 Å². The van der Waals surface area contributed by atoms with Crippen LogP contribution in [0.2, 0.25) is 0 Å². The fourth-order valence-electron chi connectivity index (χ4n) is 1.34. The molecule has 0 radical (unpaired) electrons. The van der Waals surface area contributed by atoms with Gasteiger partial charge in [0.15, 0.2) is 0 Å². The number of rotatable bonds is 0. The van der Waals surface area contributed by atoms with Crippen molar-refractivity contribution >= 4 is 6.08 Å². The molecule has 1 aliphatic rings. The van der Waals surface area contributed by atoms with Crippen LogP contribution in [-0.4, -0.2) is 0 Å². The van der Waals surface area contributed by atoms with Crippen LogP contribution in [0.5, 0.6) is 0 Å². The molecule has 0 heterocycles. The van der Waals surface area contributed by atoms with Crippen LogP contribution in [0.1, 0.15) is 24.0 Å². The first-order valence-corrected chi connectivity index (χ1v) is 3.56. The maximum absolute atomic E-state index is 3.26. The van der Waals surface area contributed by atoms with E-state index in [1.165, 1.54) is 11.1 Å². The van der Waals surface area contributed by atoms with E-state index in [1.807, 2.05) is 0 Å². The fraction of sp³-hybridized carbons (Fsp3) is 0.200. The van der Waals surface area contributed by atoms with Crippen LogP contribution in [0.25, 0.3) is 6.08 Å². The predicted molar refractivity (Wildman–Crippen MR) is 42.6 cm³/mol. The van der Waals surface area contributed by atoms with E-state index in [0.717, 1.165) is 0 Å². The van der Waals surface area contributed by atoms with Gasteiger partial charge in [-0.15, -0.1) is 11.6 Å². The van der Waals surface area contributed by atoms with Gasteiger partial charge in [0.25, 0.3) is 0 Å². The zero-order valence-corrected chi connectivity index (χ0v) is 12.3. The predicted octanol–water partition coefficient (Wildman–Crippen LogP) is -6.37. The van der Waals surface area contributed by atoms with Crippen molar-refractivity contribution in [1.82, 2.24) is 0 Å². The van der Waals surface area contributed by atoms with Crippen molar-refractivity contribution in [2.24, 2.45) is 0 Å². The Bertz CT molecular complexity index is 286. The van der Waals surface area contributed by atoms with Gasteiger partial charge in [0.2, 0.25) is 0 Å². The molecular weight excluding hydrogens is 318 g/mol. The van der Waals surface area contributed by atoms with Gasteiger partial charge in [-0.05, 0) is 0 Å². The quantitative estimate of drug-likeness (QED) is 0.416. The molecule has 0 fully saturated rings. The minimum atomic E-state index is 0. The van der Waals surface area contributed by atoms with E-state index in [1.54, 1.807) is 0 Å². The molecule has 14 heavy (non-hydrogen) atoms. The number of hydrogen-bond acceptors (Lipinski definition) is 0. The summed E-state index contributed by atoms with van der Waals surface area (Å²) in [7, 11) is 0. The standard InChI is InChI=1S/C10H9.3ClH.Zr/c1-8-6-7-9-4-2-3-5-10(8)9;;;;/h2-5,7-8H,1H3;3*1H;/q-1;;;;+4/p-3. The summed E-state index contributed by atoms with van der Waals surface area (Å²) in [4.78, 5) is 0. The van der Waals surface area contributed by atoms with Crippen LogP contribution in [0, 0.1) is 6.08 Å². The molecule has 0 bridgehead atoms. The van der Waals surface area contributed by atoms with Gasteiger partial charge < -0.3 is 37.2 Å². The van der Waals surface area contributed by atoms with E-state index in [-0.39, 0.29) is 63.4 Å². The average molecular weight is 327 g/mol. The second-order valence-electron chi connectivity index (χ2n) is 2.66. The van der Waals surface area contributed by atoms with Gasteiger partial charge in [0.1, 0.15) is 0 Å². The Morgan fingerprint density at radius 2 is 1.64 bits per heavy atom. The zero-order valence-electron chi connectivity index (χ0n) is 7.60. The Balaban J connectivity index is -0.000000302. The third-order valence-corrected chi connectivity index (χ3v) is 1.95. The van der Waals surface area contributed by atoms with Crippen molar-refractivity contribution in [3.8, 4) is 0 Å². The molecule has 0 N–H and O–H groups in total. The molecule has 4 heteroatoms. The summed E-state index contributed by atoms with van der Waals surface area (Å²) in [5.41, 5.74) is 2.73. The molecular formula is C10H9Cl3Zr. The Hall–Kier alpha value is 0.713. The summed E-state index contributed by atoms with van der Waals surface area (Å²) in [5, 5.41) is 0. The largest absolute Gasteiger partial charge is 4.00 e. The van der Waals surface area contributed by atoms with E-state index in [9.17, 15) is 0 Å². The summed E-state index contributed by atoms with van der Waals surface area (Å²) in [6, 6.07) is 8.44. The second kappa shape index (κ2) is 8.98. The topological polar surface area (TPSA) is 0 Å². The van der Waals surface area contributed by atoms with E-state index >= 15 is 0 Å². The third kappa shape index (κ3) is 4.07. The number of fused-ring (bicyclic) bond motifs is 1. The first kappa shape index (κ1) is 20.2. The van der Waals surface area contributed by atoms with Crippen LogP contribution in [0.4, 0.5) is 0 Å². The van der Waals surface area contributed by atoms with Crippen LogP contribution in [-0.2, 0) is 26.2 Å². The van der Waals surface area contributed by atoms with Gasteiger partial charge in [0, 0.05) is 0 Å². The molecule has 0 saturated carbocycles. The summed E-state index contributed by atoms with van der Waals surface area (Å²) < 4.78 is 0. The molecule has 0 aliphatic heterocycles. The Labute approximate surface area is 123 Å². The fourth-order valence-corrected chi connectivity index (χ4v) is 1.34. The van der Waals surface area contributed by atoms with E-state index in [4.69, 9.17) is 0 Å². The van der Waals surface area contributed by atoms with Crippen LogP contribution in [0.15, 0.2) is 24.3 Å². The van der Waals surface area contributed by atoms with Gasteiger partial charge in [-0.3, -0.25) is 6.08 Å². The van der Waals surface area contributed by atoms with Crippen LogP contribution >= 0.6 is 0 Å².